The average Bonchev–Trinajstić information content (AvgIpc) is 3.18. The van der Waals surface area contributed by atoms with Crippen molar-refractivity contribution < 1.29 is 39.5 Å². The van der Waals surface area contributed by atoms with Crippen molar-refractivity contribution in [3.63, 3.8) is 0 Å². The van der Waals surface area contributed by atoms with Crippen molar-refractivity contribution in [2.75, 3.05) is 12.4 Å². The van der Waals surface area contributed by atoms with Crippen LogP contribution in [0.5, 0.6) is 0 Å². The molecule has 10 nitrogen and oxygen atoms in total. The van der Waals surface area contributed by atoms with Crippen LogP contribution in [0.2, 0.25) is 0 Å². The highest BCUT2D eigenvalue weighted by molar-refractivity contribution is 8.00. The first-order valence-electron chi connectivity index (χ1n) is 9.09. The number of esters is 1. The Morgan fingerprint density at radius 3 is 2.70 bits per heavy atom. The van der Waals surface area contributed by atoms with E-state index in [4.69, 9.17) is 14.6 Å². The summed E-state index contributed by atoms with van der Waals surface area (Å²) in [5, 5.41) is 44.5. The molecule has 3 fully saturated rings. The largest absolute Gasteiger partial charge is 0.433 e. The molecule has 3 rings (SSSR count). The van der Waals surface area contributed by atoms with Gasteiger partial charge < -0.3 is 40.5 Å². The minimum absolute atomic E-state index is 0.116. The number of carbonyl (C=O) groups excluding carboxylic acids is 2. The fraction of sp³-hybridized carbons (Fsp3) is 0.875. The van der Waals surface area contributed by atoms with Crippen LogP contribution in [0, 0.1) is 0 Å². The van der Waals surface area contributed by atoms with Gasteiger partial charge in [0.05, 0.1) is 18.7 Å². The van der Waals surface area contributed by atoms with Crippen LogP contribution in [0.25, 0.3) is 0 Å². The molecule has 0 aromatic heterocycles. The highest BCUT2D eigenvalue weighted by Gasteiger charge is 2.45. The zero-order valence-corrected chi connectivity index (χ0v) is 15.5. The number of carbonyl (C=O) groups is 2. The Morgan fingerprint density at radius 1 is 1.19 bits per heavy atom. The molecule has 3 saturated heterocycles. The van der Waals surface area contributed by atoms with E-state index in [1.807, 2.05) is 0 Å². The van der Waals surface area contributed by atoms with Gasteiger partial charge >= 0.3 is 12.0 Å². The molecule has 3 aliphatic heterocycles. The van der Waals surface area contributed by atoms with Crippen molar-refractivity contribution >= 4 is 23.8 Å². The van der Waals surface area contributed by atoms with E-state index in [0.717, 1.165) is 18.6 Å². The van der Waals surface area contributed by atoms with E-state index in [1.54, 1.807) is 11.8 Å². The van der Waals surface area contributed by atoms with Gasteiger partial charge in [-0.2, -0.15) is 11.8 Å². The Morgan fingerprint density at radius 2 is 1.96 bits per heavy atom. The van der Waals surface area contributed by atoms with Crippen molar-refractivity contribution in [1.29, 1.82) is 0 Å². The number of fused-ring (bicyclic) bond motifs is 1. The van der Waals surface area contributed by atoms with Crippen molar-refractivity contribution in [3.8, 4) is 0 Å². The first kappa shape index (κ1) is 20.6. The summed E-state index contributed by atoms with van der Waals surface area (Å²) < 4.78 is 10.2. The average molecular weight is 406 g/mol. The van der Waals surface area contributed by atoms with Gasteiger partial charge in [0.2, 0.25) is 6.29 Å². The lowest BCUT2D eigenvalue weighted by Crippen LogP contribution is -2.59. The van der Waals surface area contributed by atoms with Crippen LogP contribution in [0.1, 0.15) is 25.7 Å². The summed E-state index contributed by atoms with van der Waals surface area (Å²) in [6, 6.07) is 0.172. The number of hydrogen-bond acceptors (Lipinski definition) is 9. The predicted molar refractivity (Wildman–Crippen MR) is 93.8 cm³/mol. The quantitative estimate of drug-likeness (QED) is 0.161. The second-order valence-corrected chi connectivity index (χ2v) is 8.33. The van der Waals surface area contributed by atoms with Crippen LogP contribution in [0.3, 0.4) is 0 Å². The second-order valence-electron chi connectivity index (χ2n) is 7.05. The van der Waals surface area contributed by atoms with Crippen LogP contribution in [0.4, 0.5) is 4.79 Å². The van der Waals surface area contributed by atoms with Gasteiger partial charge in [-0.15, -0.1) is 0 Å². The molecule has 0 aromatic carbocycles. The van der Waals surface area contributed by atoms with E-state index in [0.29, 0.717) is 11.7 Å². The molecule has 8 atom stereocenters. The smallest absolute Gasteiger partial charge is 0.315 e. The Labute approximate surface area is 160 Å². The van der Waals surface area contributed by atoms with Crippen molar-refractivity contribution in [2.45, 2.75) is 73.7 Å². The van der Waals surface area contributed by atoms with Gasteiger partial charge in [0.15, 0.2) is 0 Å². The van der Waals surface area contributed by atoms with Crippen LogP contribution < -0.4 is 10.6 Å². The fourth-order valence-electron chi connectivity index (χ4n) is 3.61. The lowest BCUT2D eigenvalue weighted by atomic mass is 9.99. The predicted octanol–water partition coefficient (Wildman–Crippen LogP) is -1.94. The molecular formula is C16H26N2O8S. The summed E-state index contributed by atoms with van der Waals surface area (Å²) in [4.78, 5) is 23.3. The number of nitrogens with one attached hydrogen (secondary N) is 2. The molecule has 3 heterocycles. The number of amides is 2. The van der Waals surface area contributed by atoms with Gasteiger partial charge in [-0.1, -0.05) is 6.42 Å². The Bertz CT molecular complexity index is 551. The standard InChI is InChI=1S/C16H26N2O8S/c19-5-8-12(21)13(22)14(23)15(25-8)26-10(20)4-2-1-3-9-11-7(6-27-9)17-16(24)18-11/h7-9,11-15,19,21-23H,1-6H2,(H2,17,18,24)/t7-,8+,9?,11-,12+,13-,14-,15+/m0/s1. The summed E-state index contributed by atoms with van der Waals surface area (Å²) in [7, 11) is 0. The highest BCUT2D eigenvalue weighted by atomic mass is 32.2. The van der Waals surface area contributed by atoms with Gasteiger partial charge in [-0.25, -0.2) is 4.79 Å². The minimum Gasteiger partial charge on any atom is -0.433 e. The molecule has 3 aliphatic rings. The Hall–Kier alpha value is -1.11. The zero-order valence-electron chi connectivity index (χ0n) is 14.7. The van der Waals surface area contributed by atoms with E-state index < -0.39 is 43.3 Å². The third kappa shape index (κ3) is 4.66. The normalized spacial score (nSPS) is 41.0. The van der Waals surface area contributed by atoms with Gasteiger partial charge in [-0.3, -0.25) is 4.79 Å². The van der Waals surface area contributed by atoms with E-state index in [1.165, 1.54) is 0 Å². The summed E-state index contributed by atoms with van der Waals surface area (Å²) in [6.07, 6.45) is -4.85. The number of rotatable bonds is 7. The van der Waals surface area contributed by atoms with E-state index >= 15 is 0 Å². The van der Waals surface area contributed by atoms with Crippen molar-refractivity contribution in [3.05, 3.63) is 0 Å². The first-order valence-corrected chi connectivity index (χ1v) is 10.1. The first-order chi connectivity index (χ1) is 12.9. The van der Waals surface area contributed by atoms with Crippen molar-refractivity contribution in [1.82, 2.24) is 10.6 Å². The second kappa shape index (κ2) is 8.93. The Balaban J connectivity index is 1.37. The third-order valence-corrected chi connectivity index (χ3v) is 6.66. The molecule has 0 radical (unpaired) electrons. The lowest BCUT2D eigenvalue weighted by molar-refractivity contribution is -0.292. The topological polar surface area (TPSA) is 158 Å². The Kier molecular flexibility index (Phi) is 6.82. The van der Waals surface area contributed by atoms with Crippen LogP contribution in [-0.2, 0) is 14.3 Å². The lowest BCUT2D eigenvalue weighted by Gasteiger charge is -2.39. The van der Waals surface area contributed by atoms with Crippen LogP contribution in [-0.4, -0.2) is 92.8 Å². The van der Waals surface area contributed by atoms with Gasteiger partial charge in [0, 0.05) is 17.4 Å². The maximum absolute atomic E-state index is 12.0. The number of ether oxygens (including phenoxy) is 2. The number of thioether (sulfide) groups is 1. The number of urea groups is 1. The summed E-state index contributed by atoms with van der Waals surface area (Å²) in [5.74, 6) is 0.292. The highest BCUT2D eigenvalue weighted by Crippen LogP contribution is 2.33. The molecule has 0 bridgehead atoms. The van der Waals surface area contributed by atoms with E-state index in [2.05, 4.69) is 10.6 Å². The van der Waals surface area contributed by atoms with E-state index in [-0.39, 0.29) is 24.5 Å². The summed E-state index contributed by atoms with van der Waals surface area (Å²) in [5.41, 5.74) is 0. The maximum Gasteiger partial charge on any atom is 0.315 e. The molecule has 0 aromatic rings. The molecule has 1 unspecified atom stereocenters. The summed E-state index contributed by atoms with van der Waals surface area (Å²) >= 11 is 1.81. The number of aliphatic hydroxyl groups is 4. The fourth-order valence-corrected chi connectivity index (χ4v) is 5.15. The third-order valence-electron chi connectivity index (χ3n) is 5.15. The summed E-state index contributed by atoms with van der Waals surface area (Å²) in [6.45, 7) is -0.578. The zero-order chi connectivity index (χ0) is 19.6. The van der Waals surface area contributed by atoms with E-state index in [9.17, 15) is 24.9 Å². The molecular weight excluding hydrogens is 380 g/mol. The molecule has 2 amide bonds. The molecule has 11 heteroatoms. The van der Waals surface area contributed by atoms with Crippen molar-refractivity contribution in [2.24, 2.45) is 0 Å². The number of hydrogen-bond donors (Lipinski definition) is 6. The molecule has 154 valence electrons. The molecule has 0 saturated carbocycles. The molecule has 0 spiro atoms. The maximum atomic E-state index is 12.0. The molecule has 0 aliphatic carbocycles. The number of aliphatic hydroxyl groups excluding tert-OH is 4. The van der Waals surface area contributed by atoms with Gasteiger partial charge in [0.1, 0.15) is 24.4 Å². The van der Waals surface area contributed by atoms with Crippen LogP contribution >= 0.6 is 11.8 Å². The number of unbranched alkanes of at least 4 members (excludes halogenated alkanes) is 1. The van der Waals surface area contributed by atoms with Gasteiger partial charge in [-0.05, 0) is 12.8 Å². The molecule has 6 N–H and O–H groups in total. The van der Waals surface area contributed by atoms with Gasteiger partial charge in [0.25, 0.3) is 0 Å². The van der Waals surface area contributed by atoms with Crippen LogP contribution in [0.15, 0.2) is 0 Å². The SMILES string of the molecule is O=C1N[C@H]2CSC(CCCCC(=O)O[C@H]3O[C@H](CO)[C@@H](O)[C@H](O)[C@@H]3O)[C@H]2N1. The molecule has 27 heavy (non-hydrogen) atoms. The monoisotopic (exact) mass is 406 g/mol. The minimum atomic E-state index is -1.59.